The zero-order valence-corrected chi connectivity index (χ0v) is 19.4. The van der Waals surface area contributed by atoms with Crippen LogP contribution < -0.4 is 15.6 Å². The van der Waals surface area contributed by atoms with Gasteiger partial charge in [0.2, 0.25) is 5.91 Å². The third kappa shape index (κ3) is 4.31. The highest BCUT2D eigenvalue weighted by Gasteiger charge is 2.22. The molecule has 0 aliphatic carbocycles. The topological polar surface area (TPSA) is 96.0 Å². The first-order valence-corrected chi connectivity index (χ1v) is 11.1. The van der Waals surface area contributed by atoms with Crippen molar-refractivity contribution in [2.24, 2.45) is 0 Å². The number of amides is 1. The second kappa shape index (κ2) is 9.30. The summed E-state index contributed by atoms with van der Waals surface area (Å²) in [5.41, 5.74) is 2.42. The number of methoxy groups -OCH3 is 1. The molecule has 1 N–H and O–H groups in total. The number of hydrogen-bond donors (Lipinski definition) is 1. The smallest absolute Gasteiger partial charge is 0.280 e. The van der Waals surface area contributed by atoms with Gasteiger partial charge in [-0.05, 0) is 48.9 Å². The molecule has 9 heteroatoms. The lowest BCUT2D eigenvalue weighted by Crippen LogP contribution is -2.34. The number of carbonyl (C=O) groups excluding carboxylic acids is 1. The SMILES string of the molecule is COc1ccc(CNC(=O)Cn2nc(C)c3nn(-c4ccccc4)c(-n4cccc4)c3c2=O)cc1. The molecule has 5 aromatic rings. The standard InChI is InChI=1S/C26H24N6O3/c1-18-24-23(25(30-14-6-7-15-30)32(29-24)20-8-4-3-5-9-20)26(34)31(28-18)17-22(33)27-16-19-10-12-21(35-2)13-11-19/h3-15H,16-17H2,1-2H3,(H,27,33). The first-order chi connectivity index (χ1) is 17.0. The van der Waals surface area contributed by atoms with Gasteiger partial charge in [-0.2, -0.15) is 10.2 Å². The van der Waals surface area contributed by atoms with E-state index >= 15 is 0 Å². The minimum absolute atomic E-state index is 0.201. The molecule has 176 valence electrons. The van der Waals surface area contributed by atoms with Gasteiger partial charge in [-0.1, -0.05) is 30.3 Å². The monoisotopic (exact) mass is 468 g/mol. The predicted molar refractivity (Wildman–Crippen MR) is 132 cm³/mol. The molecule has 5 rings (SSSR count). The van der Waals surface area contributed by atoms with E-state index in [1.165, 1.54) is 4.68 Å². The lowest BCUT2D eigenvalue weighted by molar-refractivity contribution is -0.122. The minimum atomic E-state index is -0.379. The highest BCUT2D eigenvalue weighted by Crippen LogP contribution is 2.24. The Balaban J connectivity index is 1.50. The van der Waals surface area contributed by atoms with Gasteiger partial charge in [0, 0.05) is 18.9 Å². The van der Waals surface area contributed by atoms with Crippen LogP contribution in [0.2, 0.25) is 0 Å². The summed E-state index contributed by atoms with van der Waals surface area (Å²) < 4.78 is 9.93. The number of para-hydroxylation sites is 1. The van der Waals surface area contributed by atoms with Crippen LogP contribution in [0.4, 0.5) is 0 Å². The summed E-state index contributed by atoms with van der Waals surface area (Å²) >= 11 is 0. The van der Waals surface area contributed by atoms with Crippen LogP contribution in [0.5, 0.6) is 5.75 Å². The summed E-state index contributed by atoms with van der Waals surface area (Å²) in [6.07, 6.45) is 3.72. The number of hydrogen-bond acceptors (Lipinski definition) is 5. The fourth-order valence-electron chi connectivity index (χ4n) is 3.97. The van der Waals surface area contributed by atoms with Crippen molar-refractivity contribution < 1.29 is 9.53 Å². The third-order valence-corrected chi connectivity index (χ3v) is 5.71. The van der Waals surface area contributed by atoms with Gasteiger partial charge in [0.25, 0.3) is 5.56 Å². The van der Waals surface area contributed by atoms with Gasteiger partial charge in [0.15, 0.2) is 5.82 Å². The van der Waals surface area contributed by atoms with Crippen LogP contribution in [-0.2, 0) is 17.9 Å². The zero-order valence-electron chi connectivity index (χ0n) is 19.4. The normalized spacial score (nSPS) is 11.0. The average molecular weight is 469 g/mol. The maximum Gasteiger partial charge on any atom is 0.280 e. The van der Waals surface area contributed by atoms with Gasteiger partial charge in [-0.3, -0.25) is 9.59 Å². The van der Waals surface area contributed by atoms with Gasteiger partial charge < -0.3 is 14.6 Å². The van der Waals surface area contributed by atoms with E-state index in [2.05, 4.69) is 10.4 Å². The van der Waals surface area contributed by atoms with E-state index in [-0.39, 0.29) is 18.0 Å². The summed E-state index contributed by atoms with van der Waals surface area (Å²) in [5, 5.41) is 12.4. The molecule has 35 heavy (non-hydrogen) atoms. The molecule has 1 amide bonds. The van der Waals surface area contributed by atoms with Crippen molar-refractivity contribution in [3.63, 3.8) is 0 Å². The second-order valence-corrected chi connectivity index (χ2v) is 8.06. The van der Waals surface area contributed by atoms with E-state index in [4.69, 9.17) is 9.84 Å². The molecule has 0 aliphatic heterocycles. The summed E-state index contributed by atoms with van der Waals surface area (Å²) in [7, 11) is 1.60. The zero-order chi connectivity index (χ0) is 24.4. The number of aromatic nitrogens is 5. The van der Waals surface area contributed by atoms with Crippen molar-refractivity contribution in [2.75, 3.05) is 7.11 Å². The Morgan fingerprint density at radius 1 is 0.971 bits per heavy atom. The molecule has 0 bridgehead atoms. The summed E-state index contributed by atoms with van der Waals surface area (Å²) in [4.78, 5) is 26.2. The molecule has 3 aromatic heterocycles. The molecule has 2 aromatic carbocycles. The Morgan fingerprint density at radius 3 is 2.37 bits per heavy atom. The number of ether oxygens (including phenoxy) is 1. The third-order valence-electron chi connectivity index (χ3n) is 5.71. The Hall–Kier alpha value is -4.66. The van der Waals surface area contributed by atoms with Crippen molar-refractivity contribution in [1.29, 1.82) is 0 Å². The summed E-state index contributed by atoms with van der Waals surface area (Å²) in [5.74, 6) is 1.03. The molecule has 0 saturated carbocycles. The first-order valence-electron chi connectivity index (χ1n) is 11.1. The molecule has 0 fully saturated rings. The van der Waals surface area contributed by atoms with Gasteiger partial charge in [-0.15, -0.1) is 0 Å². The van der Waals surface area contributed by atoms with Gasteiger partial charge in [-0.25, -0.2) is 9.36 Å². The number of rotatable bonds is 7. The Labute approximate surface area is 201 Å². The van der Waals surface area contributed by atoms with Crippen LogP contribution in [0, 0.1) is 6.92 Å². The number of benzene rings is 2. The maximum atomic E-state index is 13.6. The number of aryl methyl sites for hydroxylation is 1. The quantitative estimate of drug-likeness (QED) is 0.396. The predicted octanol–water partition coefficient (Wildman–Crippen LogP) is 3.01. The van der Waals surface area contributed by atoms with Crippen LogP contribution in [0.3, 0.4) is 0 Å². The minimum Gasteiger partial charge on any atom is -0.497 e. The molecule has 0 aliphatic rings. The Bertz CT molecular complexity index is 1530. The van der Waals surface area contributed by atoms with E-state index in [0.717, 1.165) is 17.0 Å². The van der Waals surface area contributed by atoms with Crippen LogP contribution in [-0.4, -0.2) is 37.1 Å². The highest BCUT2D eigenvalue weighted by atomic mass is 16.5. The fourth-order valence-corrected chi connectivity index (χ4v) is 3.97. The Kier molecular flexibility index (Phi) is 5.88. The van der Waals surface area contributed by atoms with Crippen LogP contribution in [0.25, 0.3) is 22.4 Å². The van der Waals surface area contributed by atoms with Crippen molar-refractivity contribution >= 4 is 16.8 Å². The second-order valence-electron chi connectivity index (χ2n) is 8.06. The van der Waals surface area contributed by atoms with Crippen LogP contribution in [0.1, 0.15) is 11.3 Å². The molecule has 0 unspecified atom stereocenters. The number of nitrogens with one attached hydrogen (secondary N) is 1. The van der Waals surface area contributed by atoms with Crippen LogP contribution >= 0.6 is 0 Å². The molecule has 0 saturated heterocycles. The van der Waals surface area contributed by atoms with E-state index in [9.17, 15) is 9.59 Å². The molecular formula is C26H24N6O3. The summed E-state index contributed by atoms with van der Waals surface area (Å²) in [6.45, 7) is 1.92. The van der Waals surface area contributed by atoms with Crippen molar-refractivity contribution in [3.05, 3.63) is 101 Å². The first kappa shape index (κ1) is 22.1. The van der Waals surface area contributed by atoms with E-state index in [0.29, 0.717) is 29.0 Å². The molecule has 0 atom stereocenters. The Morgan fingerprint density at radius 2 is 1.69 bits per heavy atom. The molecule has 0 radical (unpaired) electrons. The number of carbonyl (C=O) groups is 1. The van der Waals surface area contributed by atoms with Gasteiger partial charge in [0.05, 0.1) is 18.5 Å². The summed E-state index contributed by atoms with van der Waals surface area (Å²) in [6, 6.07) is 20.8. The largest absolute Gasteiger partial charge is 0.497 e. The maximum absolute atomic E-state index is 13.6. The number of fused-ring (bicyclic) bond motifs is 1. The molecule has 3 heterocycles. The number of nitrogens with zero attached hydrogens (tertiary/aromatic N) is 5. The van der Waals surface area contributed by atoms with Gasteiger partial charge >= 0.3 is 0 Å². The molecular weight excluding hydrogens is 444 g/mol. The van der Waals surface area contributed by atoms with Crippen molar-refractivity contribution in [3.8, 4) is 17.3 Å². The molecule has 9 nitrogen and oxygen atoms in total. The van der Waals surface area contributed by atoms with Crippen molar-refractivity contribution in [2.45, 2.75) is 20.0 Å². The fraction of sp³-hybridized carbons (Fsp3) is 0.154. The lowest BCUT2D eigenvalue weighted by atomic mass is 10.2. The van der Waals surface area contributed by atoms with E-state index in [1.54, 1.807) is 18.7 Å². The highest BCUT2D eigenvalue weighted by molar-refractivity contribution is 5.88. The average Bonchev–Trinajstić information content (AvgIpc) is 3.55. The van der Waals surface area contributed by atoms with E-state index < -0.39 is 0 Å². The van der Waals surface area contributed by atoms with Gasteiger partial charge in [0.1, 0.15) is 23.2 Å². The molecule has 0 spiro atoms. The van der Waals surface area contributed by atoms with E-state index in [1.807, 2.05) is 83.7 Å². The lowest BCUT2D eigenvalue weighted by Gasteiger charge is -2.10. The van der Waals surface area contributed by atoms with Crippen LogP contribution in [0.15, 0.2) is 83.9 Å². The van der Waals surface area contributed by atoms with Crippen molar-refractivity contribution in [1.82, 2.24) is 29.4 Å².